The van der Waals surface area contributed by atoms with Crippen LogP contribution in [-0.2, 0) is 0 Å². The van der Waals surface area contributed by atoms with Crippen molar-refractivity contribution >= 4 is 5.97 Å². The zero-order valence-corrected chi connectivity index (χ0v) is 10.9. The molecule has 0 aliphatic heterocycles. The highest BCUT2D eigenvalue weighted by atomic mass is 16.4. The number of nitrogens with zero attached hydrogens (tertiary/aromatic N) is 3. The normalized spacial score (nSPS) is 10.7. The first kappa shape index (κ1) is 12.3. The molecule has 0 unspecified atom stereocenters. The Balaban J connectivity index is 2.77. The Bertz CT molecular complexity index is 629. The van der Waals surface area contributed by atoms with E-state index in [2.05, 4.69) is 10.1 Å². The Morgan fingerprint density at radius 2 is 1.83 bits per heavy atom. The molecular weight excluding hydrogens is 230 g/mol. The lowest BCUT2D eigenvalue weighted by Gasteiger charge is -2.11. The summed E-state index contributed by atoms with van der Waals surface area (Å²) in [6.45, 7) is 7.36. The maximum absolute atomic E-state index is 11.4. The van der Waals surface area contributed by atoms with Crippen LogP contribution in [-0.4, -0.2) is 25.8 Å². The zero-order valence-electron chi connectivity index (χ0n) is 10.9. The van der Waals surface area contributed by atoms with Crippen molar-refractivity contribution in [2.45, 2.75) is 27.7 Å². The van der Waals surface area contributed by atoms with Gasteiger partial charge < -0.3 is 5.11 Å². The van der Waals surface area contributed by atoms with Gasteiger partial charge in [0.25, 0.3) is 0 Å². The minimum Gasteiger partial charge on any atom is -0.478 e. The molecule has 2 heterocycles. The zero-order chi connectivity index (χ0) is 13.4. The fourth-order valence-corrected chi connectivity index (χ4v) is 2.08. The molecule has 0 fully saturated rings. The molecule has 2 aromatic heterocycles. The molecule has 0 amide bonds. The number of carboxylic acid groups (broad SMARTS) is 1. The number of aryl methyl sites for hydroxylation is 4. The Morgan fingerprint density at radius 1 is 1.17 bits per heavy atom. The summed E-state index contributed by atoms with van der Waals surface area (Å²) >= 11 is 0. The van der Waals surface area contributed by atoms with Gasteiger partial charge in [-0.1, -0.05) is 0 Å². The highest BCUT2D eigenvalue weighted by Crippen LogP contribution is 2.19. The molecule has 0 bridgehead atoms. The second kappa shape index (κ2) is 4.25. The Labute approximate surface area is 105 Å². The second-order valence-electron chi connectivity index (χ2n) is 4.42. The average molecular weight is 245 g/mol. The largest absolute Gasteiger partial charge is 0.478 e. The van der Waals surface area contributed by atoms with Crippen molar-refractivity contribution in [3.8, 4) is 5.82 Å². The van der Waals surface area contributed by atoms with E-state index in [4.69, 9.17) is 0 Å². The Hall–Kier alpha value is -2.17. The highest BCUT2D eigenvalue weighted by Gasteiger charge is 2.19. The van der Waals surface area contributed by atoms with Crippen molar-refractivity contribution in [3.63, 3.8) is 0 Å². The molecule has 2 aromatic rings. The van der Waals surface area contributed by atoms with E-state index >= 15 is 0 Å². The van der Waals surface area contributed by atoms with Crippen molar-refractivity contribution in [1.82, 2.24) is 14.8 Å². The third kappa shape index (κ3) is 1.99. The summed E-state index contributed by atoms with van der Waals surface area (Å²) in [6.07, 6.45) is 0. The van der Waals surface area contributed by atoms with E-state index in [1.807, 2.05) is 26.8 Å². The van der Waals surface area contributed by atoms with E-state index in [0.29, 0.717) is 11.4 Å². The quantitative estimate of drug-likeness (QED) is 0.880. The van der Waals surface area contributed by atoms with Gasteiger partial charge in [0.15, 0.2) is 5.82 Å². The van der Waals surface area contributed by atoms with E-state index in [9.17, 15) is 9.90 Å². The lowest BCUT2D eigenvalue weighted by atomic mass is 10.1. The Morgan fingerprint density at radius 3 is 2.33 bits per heavy atom. The number of pyridine rings is 1. The molecule has 0 aliphatic rings. The van der Waals surface area contributed by atoms with Gasteiger partial charge in [-0.2, -0.15) is 5.10 Å². The summed E-state index contributed by atoms with van der Waals surface area (Å²) in [4.78, 5) is 15.7. The summed E-state index contributed by atoms with van der Waals surface area (Å²) in [5, 5.41) is 13.6. The summed E-state index contributed by atoms with van der Waals surface area (Å²) in [5.41, 5.74) is 3.38. The maximum Gasteiger partial charge on any atom is 0.339 e. The maximum atomic E-state index is 11.4. The molecular formula is C13H15N3O2. The molecule has 0 aromatic carbocycles. The number of rotatable bonds is 2. The fourth-order valence-electron chi connectivity index (χ4n) is 2.08. The highest BCUT2D eigenvalue weighted by molar-refractivity contribution is 5.92. The summed E-state index contributed by atoms with van der Waals surface area (Å²) < 4.78 is 1.58. The predicted molar refractivity (Wildman–Crippen MR) is 67.3 cm³/mol. The number of carbonyl (C=O) groups is 1. The molecule has 0 atom stereocenters. The van der Waals surface area contributed by atoms with Crippen molar-refractivity contribution in [2.24, 2.45) is 0 Å². The standard InChI is InChI=1S/C13H15N3O2/c1-7-5-8(2)14-12(11(7)13(17)18)16-10(4)6-9(3)15-16/h5-6H,1-4H3,(H,17,18). The first-order valence-electron chi connectivity index (χ1n) is 5.65. The van der Waals surface area contributed by atoms with E-state index in [1.165, 1.54) is 0 Å². The van der Waals surface area contributed by atoms with Crippen molar-refractivity contribution in [3.05, 3.63) is 40.3 Å². The lowest BCUT2D eigenvalue weighted by molar-refractivity contribution is 0.0695. The predicted octanol–water partition coefficient (Wildman–Crippen LogP) is 2.20. The van der Waals surface area contributed by atoms with Crippen LogP contribution >= 0.6 is 0 Å². The molecule has 2 rings (SSSR count). The fraction of sp³-hybridized carbons (Fsp3) is 0.308. The number of aromatic nitrogens is 3. The molecule has 0 saturated heterocycles. The van der Waals surface area contributed by atoms with Gasteiger partial charge in [0.2, 0.25) is 0 Å². The SMILES string of the molecule is Cc1cc(C)c(C(=O)O)c(-n2nc(C)cc2C)n1. The topological polar surface area (TPSA) is 68.0 Å². The number of carboxylic acids is 1. The minimum atomic E-state index is -0.984. The molecule has 18 heavy (non-hydrogen) atoms. The molecule has 0 aliphatic carbocycles. The second-order valence-corrected chi connectivity index (χ2v) is 4.42. The van der Waals surface area contributed by atoms with Crippen LogP contribution in [0.5, 0.6) is 0 Å². The first-order chi connectivity index (χ1) is 8.40. The van der Waals surface area contributed by atoms with Crippen LogP contribution in [0.25, 0.3) is 5.82 Å². The molecule has 0 spiro atoms. The third-order valence-electron chi connectivity index (χ3n) is 2.75. The van der Waals surface area contributed by atoms with Crippen LogP contribution in [0, 0.1) is 27.7 Å². The van der Waals surface area contributed by atoms with E-state index in [-0.39, 0.29) is 5.56 Å². The third-order valence-corrected chi connectivity index (χ3v) is 2.75. The minimum absolute atomic E-state index is 0.201. The first-order valence-corrected chi connectivity index (χ1v) is 5.65. The smallest absolute Gasteiger partial charge is 0.339 e. The summed E-state index contributed by atoms with van der Waals surface area (Å²) in [6, 6.07) is 3.66. The lowest BCUT2D eigenvalue weighted by Crippen LogP contribution is -2.13. The number of aromatic carboxylic acids is 1. The van der Waals surface area contributed by atoms with Gasteiger partial charge in [-0.25, -0.2) is 14.5 Å². The van der Waals surface area contributed by atoms with Gasteiger partial charge in [-0.3, -0.25) is 0 Å². The van der Waals surface area contributed by atoms with Crippen LogP contribution in [0.2, 0.25) is 0 Å². The van der Waals surface area contributed by atoms with Crippen LogP contribution in [0.3, 0.4) is 0 Å². The molecule has 0 radical (unpaired) electrons. The number of hydrogen-bond acceptors (Lipinski definition) is 3. The van der Waals surface area contributed by atoms with Gasteiger partial charge >= 0.3 is 5.97 Å². The monoisotopic (exact) mass is 245 g/mol. The van der Waals surface area contributed by atoms with Crippen molar-refractivity contribution in [1.29, 1.82) is 0 Å². The molecule has 94 valence electrons. The molecule has 0 saturated carbocycles. The van der Waals surface area contributed by atoms with Gasteiger partial charge in [-0.15, -0.1) is 0 Å². The van der Waals surface area contributed by atoms with Crippen molar-refractivity contribution in [2.75, 3.05) is 0 Å². The van der Waals surface area contributed by atoms with Crippen LogP contribution < -0.4 is 0 Å². The van der Waals surface area contributed by atoms with Crippen LogP contribution in [0.4, 0.5) is 0 Å². The molecule has 1 N–H and O–H groups in total. The van der Waals surface area contributed by atoms with Gasteiger partial charge in [0.05, 0.1) is 5.69 Å². The summed E-state index contributed by atoms with van der Waals surface area (Å²) in [7, 11) is 0. The van der Waals surface area contributed by atoms with E-state index < -0.39 is 5.97 Å². The summed E-state index contributed by atoms with van der Waals surface area (Å²) in [5.74, 6) is -0.604. The van der Waals surface area contributed by atoms with Crippen molar-refractivity contribution < 1.29 is 9.90 Å². The number of hydrogen-bond donors (Lipinski definition) is 1. The van der Waals surface area contributed by atoms with Crippen LogP contribution in [0.1, 0.15) is 33.0 Å². The molecule has 5 nitrogen and oxygen atoms in total. The molecule has 5 heteroatoms. The van der Waals surface area contributed by atoms with Gasteiger partial charge in [-0.05, 0) is 45.4 Å². The van der Waals surface area contributed by atoms with Crippen LogP contribution in [0.15, 0.2) is 12.1 Å². The van der Waals surface area contributed by atoms with Gasteiger partial charge in [0, 0.05) is 11.4 Å². The Kier molecular flexibility index (Phi) is 2.90. The van der Waals surface area contributed by atoms with E-state index in [0.717, 1.165) is 17.1 Å². The van der Waals surface area contributed by atoms with Gasteiger partial charge in [0.1, 0.15) is 5.56 Å². The average Bonchev–Trinajstić information content (AvgIpc) is 2.55. The van der Waals surface area contributed by atoms with E-state index in [1.54, 1.807) is 17.7 Å².